The lowest BCUT2D eigenvalue weighted by Crippen LogP contribution is -2.33. The topological polar surface area (TPSA) is 75.6 Å². The van der Waals surface area contributed by atoms with Gasteiger partial charge in [0.1, 0.15) is 5.75 Å². The first kappa shape index (κ1) is 18.0. The van der Waals surface area contributed by atoms with Crippen molar-refractivity contribution in [2.24, 2.45) is 5.92 Å². The molecule has 0 spiro atoms. The van der Waals surface area contributed by atoms with Crippen LogP contribution in [0.5, 0.6) is 5.75 Å². The fraction of sp³-hybridized carbons (Fsp3) is 0.429. The summed E-state index contributed by atoms with van der Waals surface area (Å²) >= 11 is 6.68. The molecule has 1 amide bonds. The van der Waals surface area contributed by atoms with Gasteiger partial charge in [-0.15, -0.1) is 0 Å². The van der Waals surface area contributed by atoms with Gasteiger partial charge in [0.15, 0.2) is 6.61 Å². The molecule has 1 unspecified atom stereocenters. The summed E-state index contributed by atoms with van der Waals surface area (Å²) in [6.07, 6.45) is 0.752. The van der Waals surface area contributed by atoms with Gasteiger partial charge < -0.3 is 15.2 Å². The first-order chi connectivity index (χ1) is 9.92. The van der Waals surface area contributed by atoms with Crippen LogP contribution in [-0.2, 0) is 9.59 Å². The summed E-state index contributed by atoms with van der Waals surface area (Å²) in [6, 6.07) is 5.39. The Bertz CT molecular complexity index is 508. The SMILES string of the molecule is CCC(CNC(=O)COc1ccc(Br)cc1Br)CC(=O)O. The van der Waals surface area contributed by atoms with Crippen LogP contribution in [0.15, 0.2) is 27.1 Å². The minimum absolute atomic E-state index is 0.0515. The van der Waals surface area contributed by atoms with Gasteiger partial charge in [-0.25, -0.2) is 0 Å². The number of aliphatic carboxylic acids is 1. The van der Waals surface area contributed by atoms with Crippen molar-refractivity contribution in [2.75, 3.05) is 13.2 Å². The van der Waals surface area contributed by atoms with Crippen LogP contribution in [0.25, 0.3) is 0 Å². The van der Waals surface area contributed by atoms with E-state index in [2.05, 4.69) is 37.2 Å². The smallest absolute Gasteiger partial charge is 0.303 e. The zero-order valence-corrected chi connectivity index (χ0v) is 14.7. The van der Waals surface area contributed by atoms with E-state index < -0.39 is 5.97 Å². The van der Waals surface area contributed by atoms with E-state index in [-0.39, 0.29) is 24.9 Å². The van der Waals surface area contributed by atoms with Crippen molar-refractivity contribution in [1.82, 2.24) is 5.32 Å². The standard InChI is InChI=1S/C14H17Br2NO4/c1-2-9(5-14(19)20)7-17-13(18)8-21-12-4-3-10(15)6-11(12)16/h3-4,6,9H,2,5,7-8H2,1H3,(H,17,18)(H,19,20). The van der Waals surface area contributed by atoms with Gasteiger partial charge in [-0.1, -0.05) is 29.3 Å². The van der Waals surface area contributed by atoms with E-state index in [4.69, 9.17) is 9.84 Å². The maximum absolute atomic E-state index is 11.7. The van der Waals surface area contributed by atoms with Crippen molar-refractivity contribution in [3.8, 4) is 5.75 Å². The Labute approximate surface area is 140 Å². The largest absolute Gasteiger partial charge is 0.483 e. The molecule has 1 aromatic rings. The number of rotatable bonds is 8. The van der Waals surface area contributed by atoms with Gasteiger partial charge in [0.25, 0.3) is 5.91 Å². The maximum Gasteiger partial charge on any atom is 0.303 e. The molecule has 1 rings (SSSR count). The van der Waals surface area contributed by atoms with Gasteiger partial charge in [0, 0.05) is 17.4 Å². The van der Waals surface area contributed by atoms with Crippen LogP contribution < -0.4 is 10.1 Å². The van der Waals surface area contributed by atoms with Crippen LogP contribution in [0.2, 0.25) is 0 Å². The van der Waals surface area contributed by atoms with Crippen molar-refractivity contribution in [3.05, 3.63) is 27.1 Å². The first-order valence-corrected chi connectivity index (χ1v) is 8.07. The number of hydrogen-bond donors (Lipinski definition) is 2. The van der Waals surface area contributed by atoms with E-state index in [1.807, 2.05) is 19.1 Å². The lowest BCUT2D eigenvalue weighted by atomic mass is 10.0. The second-order valence-corrected chi connectivity index (χ2v) is 6.31. The van der Waals surface area contributed by atoms with Crippen molar-refractivity contribution >= 4 is 43.7 Å². The van der Waals surface area contributed by atoms with E-state index >= 15 is 0 Å². The van der Waals surface area contributed by atoms with Gasteiger partial charge in [0.05, 0.1) is 4.47 Å². The van der Waals surface area contributed by atoms with E-state index in [9.17, 15) is 9.59 Å². The Morgan fingerprint density at radius 1 is 1.38 bits per heavy atom. The van der Waals surface area contributed by atoms with E-state index in [1.54, 1.807) is 6.07 Å². The molecule has 0 fully saturated rings. The van der Waals surface area contributed by atoms with Crippen molar-refractivity contribution in [3.63, 3.8) is 0 Å². The van der Waals surface area contributed by atoms with Gasteiger partial charge >= 0.3 is 5.97 Å². The molecular weight excluding hydrogens is 406 g/mol. The molecule has 0 aromatic heterocycles. The fourth-order valence-corrected chi connectivity index (χ4v) is 2.81. The molecule has 0 aliphatic carbocycles. The number of hydrogen-bond acceptors (Lipinski definition) is 3. The Balaban J connectivity index is 2.38. The molecule has 7 heteroatoms. The molecule has 1 atom stereocenters. The van der Waals surface area contributed by atoms with Gasteiger partial charge in [0.2, 0.25) is 0 Å². The molecule has 0 bridgehead atoms. The molecule has 0 heterocycles. The Morgan fingerprint density at radius 3 is 2.67 bits per heavy atom. The normalized spacial score (nSPS) is 11.8. The van der Waals surface area contributed by atoms with Crippen molar-refractivity contribution in [2.45, 2.75) is 19.8 Å². The molecule has 5 nitrogen and oxygen atoms in total. The van der Waals surface area contributed by atoms with E-state index in [0.717, 1.165) is 8.95 Å². The third-order valence-electron chi connectivity index (χ3n) is 2.88. The molecule has 21 heavy (non-hydrogen) atoms. The molecule has 116 valence electrons. The van der Waals surface area contributed by atoms with Crippen LogP contribution in [0.4, 0.5) is 0 Å². The highest BCUT2D eigenvalue weighted by Gasteiger charge is 2.13. The summed E-state index contributed by atoms with van der Waals surface area (Å²) in [7, 11) is 0. The highest BCUT2D eigenvalue weighted by Crippen LogP contribution is 2.28. The van der Waals surface area contributed by atoms with E-state index in [1.165, 1.54) is 0 Å². The molecule has 0 saturated carbocycles. The second-order valence-electron chi connectivity index (χ2n) is 4.54. The monoisotopic (exact) mass is 421 g/mol. The third-order valence-corrected chi connectivity index (χ3v) is 3.99. The number of carboxylic acids is 1. The number of benzene rings is 1. The zero-order chi connectivity index (χ0) is 15.8. The van der Waals surface area contributed by atoms with Crippen LogP contribution in [0.1, 0.15) is 19.8 Å². The number of amides is 1. The Hall–Kier alpha value is -1.08. The molecule has 0 aliphatic heterocycles. The number of ether oxygens (including phenoxy) is 1. The van der Waals surface area contributed by atoms with Crippen LogP contribution in [0, 0.1) is 5.92 Å². The summed E-state index contributed by atoms with van der Waals surface area (Å²) in [4.78, 5) is 22.3. The minimum atomic E-state index is -0.855. The molecule has 0 aliphatic rings. The highest BCUT2D eigenvalue weighted by atomic mass is 79.9. The van der Waals surface area contributed by atoms with Crippen LogP contribution in [0.3, 0.4) is 0 Å². The summed E-state index contributed by atoms with van der Waals surface area (Å²) < 4.78 is 7.06. The average Bonchev–Trinajstić information content (AvgIpc) is 2.42. The quantitative estimate of drug-likeness (QED) is 0.674. The lowest BCUT2D eigenvalue weighted by molar-refractivity contribution is -0.138. The predicted octanol–water partition coefficient (Wildman–Crippen LogP) is 3.21. The summed E-state index contributed by atoms with van der Waals surface area (Å²) in [5.74, 6) is -0.614. The van der Waals surface area contributed by atoms with Gasteiger partial charge in [-0.2, -0.15) is 0 Å². The Kier molecular flexibility index (Phi) is 7.74. The number of carboxylic acid groups (broad SMARTS) is 1. The van der Waals surface area contributed by atoms with Crippen molar-refractivity contribution in [1.29, 1.82) is 0 Å². The fourth-order valence-electron chi connectivity index (χ4n) is 1.65. The van der Waals surface area contributed by atoms with Gasteiger partial charge in [-0.3, -0.25) is 9.59 Å². The van der Waals surface area contributed by atoms with Crippen molar-refractivity contribution < 1.29 is 19.4 Å². The second kappa shape index (κ2) is 9.04. The number of halogens is 2. The summed E-state index contributed by atoms with van der Waals surface area (Å²) in [5, 5.41) is 11.4. The van der Waals surface area contributed by atoms with E-state index in [0.29, 0.717) is 18.7 Å². The summed E-state index contributed by atoms with van der Waals surface area (Å²) in [6.45, 7) is 2.13. The average molecular weight is 423 g/mol. The molecule has 0 radical (unpaired) electrons. The predicted molar refractivity (Wildman–Crippen MR) is 86.4 cm³/mol. The minimum Gasteiger partial charge on any atom is -0.483 e. The molecule has 2 N–H and O–H groups in total. The highest BCUT2D eigenvalue weighted by molar-refractivity contribution is 9.11. The lowest BCUT2D eigenvalue weighted by Gasteiger charge is -2.14. The zero-order valence-electron chi connectivity index (χ0n) is 11.6. The maximum atomic E-state index is 11.7. The first-order valence-electron chi connectivity index (χ1n) is 6.48. The molecule has 1 aromatic carbocycles. The number of carbonyl (C=O) groups excluding carboxylic acids is 1. The van der Waals surface area contributed by atoms with Crippen LogP contribution >= 0.6 is 31.9 Å². The Morgan fingerprint density at radius 2 is 2.10 bits per heavy atom. The number of carbonyl (C=O) groups is 2. The van der Waals surface area contributed by atoms with Crippen LogP contribution in [-0.4, -0.2) is 30.1 Å². The third kappa shape index (κ3) is 6.95. The van der Waals surface area contributed by atoms with Gasteiger partial charge in [-0.05, 0) is 40.0 Å². The molecular formula is C14H17Br2NO4. The molecule has 0 saturated heterocycles. The number of nitrogens with one attached hydrogen (secondary N) is 1. The summed E-state index contributed by atoms with van der Waals surface area (Å²) in [5.41, 5.74) is 0.